The van der Waals surface area contributed by atoms with Gasteiger partial charge in [0.05, 0.1) is 12.4 Å². The Balaban J connectivity index is 2.20. The third-order valence-corrected chi connectivity index (χ3v) is 5.29. The lowest BCUT2D eigenvalue weighted by Gasteiger charge is -2.36. The topological polar surface area (TPSA) is 60.9 Å². The van der Waals surface area contributed by atoms with Gasteiger partial charge in [-0.1, -0.05) is 22.0 Å². The van der Waals surface area contributed by atoms with Gasteiger partial charge in [0.2, 0.25) is 10.0 Å². The van der Waals surface area contributed by atoms with Crippen LogP contribution >= 0.6 is 15.9 Å². The van der Waals surface area contributed by atoms with Crippen molar-refractivity contribution in [2.75, 3.05) is 37.3 Å². The van der Waals surface area contributed by atoms with Crippen LogP contribution in [0.15, 0.2) is 22.7 Å². The monoisotopic (exact) mass is 362 g/mol. The molecule has 1 unspecified atom stereocenters. The second kappa shape index (κ2) is 6.01. The summed E-state index contributed by atoms with van der Waals surface area (Å²) in [4.78, 5) is 2.12. The summed E-state index contributed by atoms with van der Waals surface area (Å²) in [7, 11) is -3.12. The highest BCUT2D eigenvalue weighted by molar-refractivity contribution is 9.10. The predicted molar refractivity (Wildman–Crippen MR) is 83.4 cm³/mol. The first-order valence-corrected chi connectivity index (χ1v) is 9.11. The van der Waals surface area contributed by atoms with Crippen molar-refractivity contribution in [3.05, 3.63) is 28.2 Å². The van der Waals surface area contributed by atoms with Gasteiger partial charge in [0.15, 0.2) is 0 Å². The fourth-order valence-corrected chi connectivity index (χ4v) is 3.58. The summed E-state index contributed by atoms with van der Waals surface area (Å²) >= 11 is 3.44. The molecule has 0 spiro atoms. The van der Waals surface area contributed by atoms with Crippen LogP contribution in [0.25, 0.3) is 0 Å². The van der Waals surface area contributed by atoms with Crippen molar-refractivity contribution in [2.45, 2.75) is 13.0 Å². The van der Waals surface area contributed by atoms with E-state index in [9.17, 15) is 13.5 Å². The summed E-state index contributed by atoms with van der Waals surface area (Å²) in [6.45, 7) is 3.95. The second-order valence-electron chi connectivity index (χ2n) is 5.03. The molecule has 1 aliphatic heterocycles. The van der Waals surface area contributed by atoms with Gasteiger partial charge in [-0.25, -0.2) is 8.42 Å². The zero-order valence-corrected chi connectivity index (χ0v) is 14.0. The maximum atomic E-state index is 11.5. The third kappa shape index (κ3) is 3.52. The number of anilines is 1. The van der Waals surface area contributed by atoms with Crippen LogP contribution in [0.5, 0.6) is 0 Å². The van der Waals surface area contributed by atoms with E-state index in [1.165, 1.54) is 10.6 Å². The van der Waals surface area contributed by atoms with Crippen molar-refractivity contribution in [1.82, 2.24) is 4.31 Å². The number of piperazine rings is 1. The number of aliphatic hydroxyl groups is 1. The van der Waals surface area contributed by atoms with E-state index in [4.69, 9.17) is 0 Å². The van der Waals surface area contributed by atoms with Crippen LogP contribution in [0.1, 0.15) is 18.6 Å². The van der Waals surface area contributed by atoms with Crippen LogP contribution in [0.2, 0.25) is 0 Å². The Bertz CT molecular complexity index is 581. The van der Waals surface area contributed by atoms with E-state index in [1.807, 2.05) is 18.2 Å². The molecule has 0 radical (unpaired) electrons. The lowest BCUT2D eigenvalue weighted by Crippen LogP contribution is -2.48. The highest BCUT2D eigenvalue weighted by atomic mass is 79.9. The van der Waals surface area contributed by atoms with E-state index in [0.29, 0.717) is 26.2 Å². The normalized spacial score (nSPS) is 19.1. The summed E-state index contributed by atoms with van der Waals surface area (Å²) in [5.74, 6) is 0. The molecule has 0 aliphatic carbocycles. The molecule has 1 heterocycles. The number of nitrogens with zero attached hydrogens (tertiary/aromatic N) is 2. The fraction of sp³-hybridized carbons (Fsp3) is 0.538. The largest absolute Gasteiger partial charge is 0.389 e. The molecule has 0 saturated carbocycles. The molecule has 0 amide bonds. The molecule has 5 nitrogen and oxygen atoms in total. The van der Waals surface area contributed by atoms with Crippen LogP contribution in [0, 0.1) is 0 Å². The van der Waals surface area contributed by atoms with Crippen LogP contribution in [-0.2, 0) is 10.0 Å². The minimum absolute atomic E-state index is 0.477. The first kappa shape index (κ1) is 15.8. The second-order valence-corrected chi connectivity index (χ2v) is 7.93. The van der Waals surface area contributed by atoms with Gasteiger partial charge >= 0.3 is 0 Å². The van der Waals surface area contributed by atoms with Gasteiger partial charge < -0.3 is 10.0 Å². The Morgan fingerprint density at radius 3 is 2.35 bits per heavy atom. The van der Waals surface area contributed by atoms with Crippen LogP contribution in [-0.4, -0.2) is 50.3 Å². The SMILES string of the molecule is CC(O)c1ccc(Br)cc1N1CCN(S(C)(=O)=O)CC1. The molecule has 1 atom stereocenters. The lowest BCUT2D eigenvalue weighted by atomic mass is 10.1. The van der Waals surface area contributed by atoms with Crippen molar-refractivity contribution in [3.8, 4) is 0 Å². The number of rotatable bonds is 3. The van der Waals surface area contributed by atoms with Crippen LogP contribution in [0.4, 0.5) is 5.69 Å². The summed E-state index contributed by atoms with van der Waals surface area (Å²) in [5, 5.41) is 9.86. The maximum absolute atomic E-state index is 11.5. The van der Waals surface area contributed by atoms with E-state index in [1.54, 1.807) is 6.92 Å². The molecular weight excluding hydrogens is 344 g/mol. The fourth-order valence-electron chi connectivity index (χ4n) is 2.40. The van der Waals surface area contributed by atoms with Crippen molar-refractivity contribution < 1.29 is 13.5 Å². The van der Waals surface area contributed by atoms with Gasteiger partial charge in [0, 0.05) is 41.9 Å². The van der Waals surface area contributed by atoms with E-state index >= 15 is 0 Å². The quantitative estimate of drug-likeness (QED) is 0.886. The number of hydrogen-bond acceptors (Lipinski definition) is 4. The molecule has 2 rings (SSSR count). The minimum Gasteiger partial charge on any atom is -0.389 e. The number of hydrogen-bond donors (Lipinski definition) is 1. The zero-order valence-electron chi connectivity index (χ0n) is 11.6. The molecule has 1 fully saturated rings. The number of aliphatic hydroxyl groups excluding tert-OH is 1. The van der Waals surface area contributed by atoms with Gasteiger partial charge in [0.1, 0.15) is 0 Å². The van der Waals surface area contributed by atoms with E-state index in [-0.39, 0.29) is 0 Å². The number of benzene rings is 1. The minimum atomic E-state index is -3.12. The summed E-state index contributed by atoms with van der Waals surface area (Å²) in [5.41, 5.74) is 1.82. The van der Waals surface area contributed by atoms with Crippen LogP contribution < -0.4 is 4.90 Å². The van der Waals surface area contributed by atoms with Crippen molar-refractivity contribution in [2.24, 2.45) is 0 Å². The lowest BCUT2D eigenvalue weighted by molar-refractivity contribution is 0.199. The van der Waals surface area contributed by atoms with Crippen molar-refractivity contribution in [1.29, 1.82) is 0 Å². The first-order chi connectivity index (χ1) is 9.29. The molecule has 112 valence electrons. The molecule has 0 aromatic heterocycles. The Hall–Kier alpha value is -0.630. The Labute approximate surface area is 128 Å². The average Bonchev–Trinajstić information content (AvgIpc) is 2.37. The molecule has 20 heavy (non-hydrogen) atoms. The summed E-state index contributed by atoms with van der Waals surface area (Å²) in [6.07, 6.45) is 0.689. The molecular formula is C13H19BrN2O3S. The Morgan fingerprint density at radius 1 is 1.25 bits per heavy atom. The highest BCUT2D eigenvalue weighted by Gasteiger charge is 2.25. The zero-order chi connectivity index (χ0) is 14.9. The highest BCUT2D eigenvalue weighted by Crippen LogP contribution is 2.30. The maximum Gasteiger partial charge on any atom is 0.211 e. The summed E-state index contributed by atoms with van der Waals surface area (Å²) < 4.78 is 25.5. The molecule has 7 heteroatoms. The average molecular weight is 363 g/mol. The third-order valence-electron chi connectivity index (χ3n) is 3.49. The Kier molecular flexibility index (Phi) is 4.73. The van der Waals surface area contributed by atoms with Crippen molar-refractivity contribution >= 4 is 31.6 Å². The predicted octanol–water partition coefficient (Wildman–Crippen LogP) is 1.58. The van der Waals surface area contributed by atoms with E-state index in [2.05, 4.69) is 20.8 Å². The van der Waals surface area contributed by atoms with Crippen molar-refractivity contribution in [3.63, 3.8) is 0 Å². The number of sulfonamides is 1. The Morgan fingerprint density at radius 2 is 1.85 bits per heavy atom. The summed E-state index contributed by atoms with van der Waals surface area (Å²) in [6, 6.07) is 5.77. The van der Waals surface area contributed by atoms with E-state index in [0.717, 1.165) is 15.7 Å². The van der Waals surface area contributed by atoms with Gasteiger partial charge in [-0.3, -0.25) is 0 Å². The van der Waals surface area contributed by atoms with E-state index < -0.39 is 16.1 Å². The molecule has 1 aliphatic rings. The van der Waals surface area contributed by atoms with Gasteiger partial charge in [-0.05, 0) is 19.1 Å². The number of halogens is 1. The van der Waals surface area contributed by atoms with Crippen LogP contribution in [0.3, 0.4) is 0 Å². The van der Waals surface area contributed by atoms with Gasteiger partial charge in [-0.2, -0.15) is 4.31 Å². The molecule has 1 N–H and O–H groups in total. The smallest absolute Gasteiger partial charge is 0.211 e. The molecule has 0 bridgehead atoms. The van der Waals surface area contributed by atoms with Gasteiger partial charge in [-0.15, -0.1) is 0 Å². The first-order valence-electron chi connectivity index (χ1n) is 6.46. The molecule has 1 saturated heterocycles. The molecule has 1 aromatic carbocycles. The standard InChI is InChI=1S/C13H19BrN2O3S/c1-10(17)12-4-3-11(14)9-13(12)15-5-7-16(8-6-15)20(2,18)19/h3-4,9-10,17H,5-8H2,1-2H3. The molecule has 1 aromatic rings. The van der Waals surface area contributed by atoms with Gasteiger partial charge in [0.25, 0.3) is 0 Å².